The van der Waals surface area contributed by atoms with Crippen LogP contribution in [0.5, 0.6) is 5.75 Å². The second-order valence-electron chi connectivity index (χ2n) is 5.29. The Bertz CT molecular complexity index is 525. The van der Waals surface area contributed by atoms with E-state index in [4.69, 9.17) is 10.5 Å². The molecule has 3 heteroatoms. The molecule has 112 valence electrons. The molecule has 2 N–H and O–H groups in total. The van der Waals surface area contributed by atoms with Crippen molar-refractivity contribution in [3.05, 3.63) is 59.9 Å². The molecule has 1 aromatic heterocycles. The largest absolute Gasteiger partial charge is 0.484 e. The molecule has 0 amide bonds. The summed E-state index contributed by atoms with van der Waals surface area (Å²) in [6.07, 6.45) is 6.52. The minimum atomic E-state index is -0.143. The average Bonchev–Trinajstić information content (AvgIpc) is 2.54. The Morgan fingerprint density at radius 1 is 1.05 bits per heavy atom. The van der Waals surface area contributed by atoms with Gasteiger partial charge in [-0.2, -0.15) is 0 Å². The molecule has 1 aromatic carbocycles. The van der Waals surface area contributed by atoms with E-state index in [1.54, 1.807) is 12.4 Å². The monoisotopic (exact) mass is 284 g/mol. The van der Waals surface area contributed by atoms with Gasteiger partial charge in [-0.15, -0.1) is 0 Å². The van der Waals surface area contributed by atoms with Gasteiger partial charge >= 0.3 is 0 Å². The van der Waals surface area contributed by atoms with Crippen LogP contribution in [-0.2, 0) is 6.42 Å². The second-order valence-corrected chi connectivity index (χ2v) is 5.29. The second kappa shape index (κ2) is 7.79. The summed E-state index contributed by atoms with van der Waals surface area (Å²) in [6, 6.07) is 12.2. The molecule has 21 heavy (non-hydrogen) atoms. The van der Waals surface area contributed by atoms with Crippen molar-refractivity contribution >= 4 is 0 Å². The molecule has 3 nitrogen and oxygen atoms in total. The first kappa shape index (κ1) is 15.5. The summed E-state index contributed by atoms with van der Waals surface area (Å²) in [5.41, 5.74) is 8.63. The first-order valence-electron chi connectivity index (χ1n) is 7.65. The highest BCUT2D eigenvalue weighted by atomic mass is 16.5. The van der Waals surface area contributed by atoms with Crippen LogP contribution >= 0.6 is 0 Å². The zero-order valence-corrected chi connectivity index (χ0v) is 12.8. The quantitative estimate of drug-likeness (QED) is 0.839. The van der Waals surface area contributed by atoms with Gasteiger partial charge in [0, 0.05) is 18.4 Å². The third-order valence-electron chi connectivity index (χ3n) is 3.62. The zero-order valence-electron chi connectivity index (χ0n) is 12.8. The molecule has 0 radical (unpaired) electrons. The number of pyridine rings is 1. The van der Waals surface area contributed by atoms with Gasteiger partial charge in [0.1, 0.15) is 11.9 Å². The fraction of sp³-hybridized carbons (Fsp3) is 0.389. The van der Waals surface area contributed by atoms with E-state index in [0.717, 1.165) is 30.6 Å². The minimum Gasteiger partial charge on any atom is -0.484 e. The van der Waals surface area contributed by atoms with Gasteiger partial charge in [-0.1, -0.05) is 32.4 Å². The Morgan fingerprint density at radius 3 is 2.29 bits per heavy atom. The number of rotatable bonds is 7. The van der Waals surface area contributed by atoms with E-state index >= 15 is 0 Å². The molecule has 2 rings (SSSR count). The molecule has 0 saturated carbocycles. The smallest absolute Gasteiger partial charge is 0.139 e. The highest BCUT2D eigenvalue weighted by molar-refractivity contribution is 5.29. The summed E-state index contributed by atoms with van der Waals surface area (Å²) in [5.74, 6) is 0.862. The van der Waals surface area contributed by atoms with Gasteiger partial charge in [0.25, 0.3) is 0 Å². The molecule has 0 aliphatic heterocycles. The predicted molar refractivity (Wildman–Crippen MR) is 86.3 cm³/mol. The van der Waals surface area contributed by atoms with Gasteiger partial charge in [0.2, 0.25) is 0 Å². The summed E-state index contributed by atoms with van der Waals surface area (Å²) < 4.78 is 6.13. The molecular formula is C18H24N2O. The molecule has 0 saturated heterocycles. The van der Waals surface area contributed by atoms with E-state index in [1.807, 2.05) is 24.3 Å². The number of aromatic nitrogens is 1. The van der Waals surface area contributed by atoms with Crippen LogP contribution in [0.2, 0.25) is 0 Å². The van der Waals surface area contributed by atoms with E-state index in [0.29, 0.717) is 0 Å². The maximum Gasteiger partial charge on any atom is 0.139 e. The Morgan fingerprint density at radius 2 is 1.71 bits per heavy atom. The number of ether oxygens (including phenoxy) is 1. The highest BCUT2D eigenvalue weighted by Crippen LogP contribution is 2.25. The number of nitrogens with two attached hydrogens (primary N) is 1. The fourth-order valence-corrected chi connectivity index (χ4v) is 2.34. The molecule has 2 unspecified atom stereocenters. The number of nitrogens with zero attached hydrogens (tertiary/aromatic N) is 1. The molecule has 2 aromatic rings. The lowest BCUT2D eigenvalue weighted by atomic mass is 10.0. The van der Waals surface area contributed by atoms with Gasteiger partial charge in [-0.05, 0) is 48.2 Å². The molecule has 0 aliphatic rings. The molecule has 0 bridgehead atoms. The van der Waals surface area contributed by atoms with Crippen molar-refractivity contribution in [3.63, 3.8) is 0 Å². The van der Waals surface area contributed by atoms with Crippen molar-refractivity contribution in [3.8, 4) is 5.75 Å². The van der Waals surface area contributed by atoms with Crippen LogP contribution in [0, 0.1) is 0 Å². The topological polar surface area (TPSA) is 48.1 Å². The summed E-state index contributed by atoms with van der Waals surface area (Å²) in [7, 11) is 0. The van der Waals surface area contributed by atoms with E-state index in [9.17, 15) is 0 Å². The summed E-state index contributed by atoms with van der Waals surface area (Å²) in [5, 5.41) is 0. The normalized spacial score (nSPS) is 13.7. The third-order valence-corrected chi connectivity index (χ3v) is 3.62. The van der Waals surface area contributed by atoms with Crippen molar-refractivity contribution in [2.24, 2.45) is 5.73 Å². The predicted octanol–water partition coefficient (Wildman–Crippen LogP) is 3.89. The van der Waals surface area contributed by atoms with Gasteiger partial charge in [-0.25, -0.2) is 0 Å². The first-order chi connectivity index (χ1) is 10.2. The Kier molecular flexibility index (Phi) is 5.76. The molecule has 0 spiro atoms. The maximum absolute atomic E-state index is 6.23. The fourth-order valence-electron chi connectivity index (χ4n) is 2.34. The van der Waals surface area contributed by atoms with Gasteiger partial charge in [0.05, 0.1) is 0 Å². The van der Waals surface area contributed by atoms with Crippen LogP contribution in [0.1, 0.15) is 43.9 Å². The Balaban J connectivity index is 2.15. The lowest BCUT2D eigenvalue weighted by molar-refractivity contribution is 0.171. The van der Waals surface area contributed by atoms with E-state index in [2.05, 4.69) is 31.0 Å². The lowest BCUT2D eigenvalue weighted by Gasteiger charge is -2.24. The van der Waals surface area contributed by atoms with Crippen LogP contribution in [0.25, 0.3) is 0 Å². The van der Waals surface area contributed by atoms with Crippen molar-refractivity contribution in [1.82, 2.24) is 4.98 Å². The number of aryl methyl sites for hydroxylation is 1. The Hall–Kier alpha value is -1.87. The van der Waals surface area contributed by atoms with Crippen molar-refractivity contribution in [2.45, 2.75) is 45.3 Å². The minimum absolute atomic E-state index is 0.0391. The molecule has 0 aliphatic carbocycles. The maximum atomic E-state index is 6.23. The highest BCUT2D eigenvalue weighted by Gasteiger charge is 2.20. The lowest BCUT2D eigenvalue weighted by Crippen LogP contribution is -2.31. The van der Waals surface area contributed by atoms with E-state index < -0.39 is 0 Å². The van der Waals surface area contributed by atoms with Crippen LogP contribution in [0.3, 0.4) is 0 Å². The third kappa shape index (κ3) is 4.30. The number of hydrogen-bond acceptors (Lipinski definition) is 3. The summed E-state index contributed by atoms with van der Waals surface area (Å²) in [6.45, 7) is 4.26. The van der Waals surface area contributed by atoms with Gasteiger partial charge in [-0.3, -0.25) is 4.98 Å². The summed E-state index contributed by atoms with van der Waals surface area (Å²) in [4.78, 5) is 4.06. The van der Waals surface area contributed by atoms with Gasteiger partial charge in [0.15, 0.2) is 0 Å². The van der Waals surface area contributed by atoms with Crippen LogP contribution in [0.4, 0.5) is 0 Å². The summed E-state index contributed by atoms with van der Waals surface area (Å²) >= 11 is 0. The molecule has 0 fully saturated rings. The molecule has 1 heterocycles. The van der Waals surface area contributed by atoms with Crippen molar-refractivity contribution < 1.29 is 4.74 Å². The molecule has 2 atom stereocenters. The van der Waals surface area contributed by atoms with Crippen molar-refractivity contribution in [1.29, 1.82) is 0 Å². The van der Waals surface area contributed by atoms with E-state index in [1.165, 1.54) is 5.56 Å². The van der Waals surface area contributed by atoms with Crippen LogP contribution in [-0.4, -0.2) is 11.0 Å². The SMILES string of the molecule is CCCc1ccc(OC(c2ccncc2)C(N)CC)cc1. The van der Waals surface area contributed by atoms with Crippen LogP contribution < -0.4 is 10.5 Å². The number of hydrogen-bond donors (Lipinski definition) is 1. The molecular weight excluding hydrogens is 260 g/mol. The van der Waals surface area contributed by atoms with Crippen LogP contribution in [0.15, 0.2) is 48.8 Å². The average molecular weight is 284 g/mol. The standard InChI is InChI=1S/C18H24N2O/c1-3-5-14-6-8-16(9-7-14)21-18(17(19)4-2)15-10-12-20-13-11-15/h6-13,17-18H,3-5,19H2,1-2H3. The van der Waals surface area contributed by atoms with Gasteiger partial charge < -0.3 is 10.5 Å². The first-order valence-corrected chi connectivity index (χ1v) is 7.65. The Labute approximate surface area is 127 Å². The zero-order chi connectivity index (χ0) is 15.1. The van der Waals surface area contributed by atoms with E-state index in [-0.39, 0.29) is 12.1 Å². The number of benzene rings is 1. The van der Waals surface area contributed by atoms with Crippen molar-refractivity contribution in [2.75, 3.05) is 0 Å².